The Bertz CT molecular complexity index is 446. The van der Waals surface area contributed by atoms with Gasteiger partial charge in [0, 0.05) is 18.8 Å². The van der Waals surface area contributed by atoms with E-state index in [0.717, 1.165) is 24.0 Å². The highest BCUT2D eigenvalue weighted by Gasteiger charge is 2.23. The molecule has 0 fully saturated rings. The minimum atomic E-state index is 0.342. The fraction of sp³-hybridized carbons (Fsp3) is 0.562. The van der Waals surface area contributed by atoms with E-state index >= 15 is 0 Å². The summed E-state index contributed by atoms with van der Waals surface area (Å²) in [6.07, 6.45) is 0. The summed E-state index contributed by atoms with van der Waals surface area (Å²) in [5, 5.41) is 4.53. The Hall–Kier alpha value is -0.960. The summed E-state index contributed by atoms with van der Waals surface area (Å²) in [6, 6.07) is 8.86. The normalized spacial score (nSPS) is 18.3. The van der Waals surface area contributed by atoms with Crippen molar-refractivity contribution in [3.8, 4) is 0 Å². The van der Waals surface area contributed by atoms with Gasteiger partial charge in [-0.15, -0.1) is 0 Å². The number of amidine groups is 1. The van der Waals surface area contributed by atoms with Gasteiger partial charge in [0.2, 0.25) is 0 Å². The third kappa shape index (κ3) is 4.27. The number of thioether (sulfide) groups is 1. The quantitative estimate of drug-likeness (QED) is 0.901. The highest BCUT2D eigenvalue weighted by molar-refractivity contribution is 8.13. The number of hydrogen-bond acceptors (Lipinski definition) is 3. The van der Waals surface area contributed by atoms with Crippen molar-refractivity contribution >= 4 is 16.9 Å². The van der Waals surface area contributed by atoms with Crippen molar-refractivity contribution in [3.05, 3.63) is 35.4 Å². The lowest BCUT2D eigenvalue weighted by Gasteiger charge is -2.27. The van der Waals surface area contributed by atoms with Gasteiger partial charge in [0.1, 0.15) is 0 Å². The third-order valence-corrected chi connectivity index (χ3v) is 4.81. The van der Waals surface area contributed by atoms with Crippen LogP contribution < -0.4 is 5.32 Å². The van der Waals surface area contributed by atoms with Crippen LogP contribution in [0.1, 0.15) is 44.7 Å². The minimum Gasteiger partial charge on any atom is -0.361 e. The first-order valence-corrected chi connectivity index (χ1v) is 7.95. The van der Waals surface area contributed by atoms with Gasteiger partial charge in [0.15, 0.2) is 5.17 Å². The number of nitrogens with one attached hydrogen (secondary N) is 1. The molecule has 1 aromatic rings. The van der Waals surface area contributed by atoms with Crippen LogP contribution in [0.25, 0.3) is 0 Å². The number of nitrogens with zero attached hydrogens (tertiary/aromatic N) is 1. The third-order valence-electron chi connectivity index (χ3n) is 3.34. The summed E-state index contributed by atoms with van der Waals surface area (Å²) in [5.41, 5.74) is 3.06. The van der Waals surface area contributed by atoms with Crippen LogP contribution in [-0.4, -0.2) is 17.5 Å². The van der Waals surface area contributed by atoms with Crippen molar-refractivity contribution in [3.63, 3.8) is 0 Å². The predicted molar refractivity (Wildman–Crippen MR) is 85.9 cm³/mol. The van der Waals surface area contributed by atoms with Crippen LogP contribution in [-0.2, 0) is 6.54 Å². The zero-order valence-corrected chi connectivity index (χ0v) is 13.2. The molecule has 1 aromatic carbocycles. The molecule has 2 nitrogen and oxygen atoms in total. The van der Waals surface area contributed by atoms with Crippen LogP contribution in [0.2, 0.25) is 0 Å². The zero-order valence-electron chi connectivity index (χ0n) is 12.4. The second kappa shape index (κ2) is 6.00. The number of rotatable bonds is 3. The van der Waals surface area contributed by atoms with Crippen molar-refractivity contribution in [1.82, 2.24) is 5.32 Å². The van der Waals surface area contributed by atoms with Crippen molar-refractivity contribution in [2.45, 2.75) is 40.2 Å². The second-order valence-corrected chi connectivity index (χ2v) is 7.29. The van der Waals surface area contributed by atoms with E-state index in [0.29, 0.717) is 11.3 Å². The molecule has 0 unspecified atom stereocenters. The van der Waals surface area contributed by atoms with Gasteiger partial charge in [-0.25, -0.2) is 0 Å². The Balaban J connectivity index is 1.87. The number of aliphatic imine (C=N–C) groups is 1. The average molecular weight is 276 g/mol. The molecule has 19 heavy (non-hydrogen) atoms. The molecule has 0 spiro atoms. The van der Waals surface area contributed by atoms with Crippen molar-refractivity contribution in [1.29, 1.82) is 0 Å². The van der Waals surface area contributed by atoms with E-state index < -0.39 is 0 Å². The highest BCUT2D eigenvalue weighted by atomic mass is 32.2. The summed E-state index contributed by atoms with van der Waals surface area (Å²) in [6.45, 7) is 10.8. The van der Waals surface area contributed by atoms with Gasteiger partial charge >= 0.3 is 0 Å². The van der Waals surface area contributed by atoms with Crippen molar-refractivity contribution in [2.24, 2.45) is 10.4 Å². The van der Waals surface area contributed by atoms with E-state index in [1.165, 1.54) is 11.1 Å². The summed E-state index contributed by atoms with van der Waals surface area (Å²) >= 11 is 1.84. The molecule has 0 saturated heterocycles. The van der Waals surface area contributed by atoms with E-state index in [4.69, 9.17) is 0 Å². The molecule has 0 saturated carbocycles. The van der Waals surface area contributed by atoms with Crippen molar-refractivity contribution < 1.29 is 0 Å². The molecule has 3 heteroatoms. The standard InChI is InChI=1S/C16H24N2S/c1-12(2)14-7-5-13(6-8-14)9-17-15-18-10-16(3,4)11-19-15/h5-8,12H,9-11H2,1-4H3,(H,17,18). The van der Waals surface area contributed by atoms with Crippen LogP contribution >= 0.6 is 11.8 Å². The first-order valence-electron chi connectivity index (χ1n) is 6.96. The molecule has 1 aliphatic heterocycles. The summed E-state index contributed by atoms with van der Waals surface area (Å²) in [5.74, 6) is 1.74. The molecule has 104 valence electrons. The minimum absolute atomic E-state index is 0.342. The maximum absolute atomic E-state index is 4.61. The fourth-order valence-corrected chi connectivity index (χ4v) is 2.89. The van der Waals surface area contributed by atoms with Crippen LogP contribution in [0.15, 0.2) is 29.3 Å². The largest absolute Gasteiger partial charge is 0.361 e. The molecular weight excluding hydrogens is 252 g/mol. The Morgan fingerprint density at radius 3 is 2.47 bits per heavy atom. The Morgan fingerprint density at radius 1 is 1.26 bits per heavy atom. The lowest BCUT2D eigenvalue weighted by Crippen LogP contribution is -2.30. The molecule has 0 amide bonds. The number of benzene rings is 1. The van der Waals surface area contributed by atoms with Gasteiger partial charge in [0.25, 0.3) is 0 Å². The lowest BCUT2D eigenvalue weighted by atomic mass is 9.97. The van der Waals surface area contributed by atoms with Gasteiger partial charge in [-0.3, -0.25) is 4.99 Å². The molecule has 2 rings (SSSR count). The van der Waals surface area contributed by atoms with E-state index in [2.05, 4.69) is 62.3 Å². The molecule has 0 aliphatic carbocycles. The number of hydrogen-bond donors (Lipinski definition) is 1. The molecule has 1 N–H and O–H groups in total. The molecule has 1 aliphatic rings. The van der Waals surface area contributed by atoms with E-state index in [9.17, 15) is 0 Å². The van der Waals surface area contributed by atoms with Crippen LogP contribution in [0.3, 0.4) is 0 Å². The summed E-state index contributed by atoms with van der Waals surface area (Å²) in [4.78, 5) is 4.61. The monoisotopic (exact) mass is 276 g/mol. The topological polar surface area (TPSA) is 24.4 Å². The van der Waals surface area contributed by atoms with Crippen LogP contribution in [0.5, 0.6) is 0 Å². The van der Waals surface area contributed by atoms with E-state index in [1.807, 2.05) is 11.8 Å². The van der Waals surface area contributed by atoms with Gasteiger partial charge in [-0.1, -0.05) is 63.7 Å². The van der Waals surface area contributed by atoms with E-state index in [1.54, 1.807) is 0 Å². The van der Waals surface area contributed by atoms with E-state index in [-0.39, 0.29) is 0 Å². The maximum atomic E-state index is 4.61. The zero-order chi connectivity index (χ0) is 13.9. The molecular formula is C16H24N2S. The lowest BCUT2D eigenvalue weighted by molar-refractivity contribution is 0.436. The van der Waals surface area contributed by atoms with Gasteiger partial charge in [-0.05, 0) is 22.5 Å². The Morgan fingerprint density at radius 2 is 1.95 bits per heavy atom. The summed E-state index contributed by atoms with van der Waals surface area (Å²) in [7, 11) is 0. The molecule has 1 heterocycles. The van der Waals surface area contributed by atoms with Crippen LogP contribution in [0, 0.1) is 5.41 Å². The Kier molecular flexibility index (Phi) is 4.56. The van der Waals surface area contributed by atoms with Gasteiger partial charge < -0.3 is 5.32 Å². The first kappa shape index (κ1) is 14.4. The second-order valence-electron chi connectivity index (χ2n) is 6.32. The van der Waals surface area contributed by atoms with Gasteiger partial charge in [-0.2, -0.15) is 0 Å². The SMILES string of the molecule is CC(C)c1ccc(CNC2=NCC(C)(C)CS2)cc1. The van der Waals surface area contributed by atoms with Crippen molar-refractivity contribution in [2.75, 3.05) is 12.3 Å². The highest BCUT2D eigenvalue weighted by Crippen LogP contribution is 2.27. The first-order chi connectivity index (χ1) is 8.96. The smallest absolute Gasteiger partial charge is 0.156 e. The summed E-state index contributed by atoms with van der Waals surface area (Å²) < 4.78 is 0. The fourth-order valence-electron chi connectivity index (χ4n) is 1.95. The molecule has 0 atom stereocenters. The molecule has 0 radical (unpaired) electrons. The van der Waals surface area contributed by atoms with Gasteiger partial charge in [0.05, 0.1) is 0 Å². The predicted octanol–water partition coefficient (Wildman–Crippen LogP) is 4.03. The molecule has 0 aromatic heterocycles. The maximum Gasteiger partial charge on any atom is 0.156 e. The molecule has 0 bridgehead atoms. The Labute approximate surface area is 121 Å². The average Bonchev–Trinajstić information content (AvgIpc) is 2.38. The van der Waals surface area contributed by atoms with Crippen LogP contribution in [0.4, 0.5) is 0 Å².